The van der Waals surface area contributed by atoms with Gasteiger partial charge in [-0.3, -0.25) is 33.7 Å². The molecule has 3 aliphatic rings. The fourth-order valence-electron chi connectivity index (χ4n) is 7.06. The summed E-state index contributed by atoms with van der Waals surface area (Å²) in [5, 5.41) is 14.5. The van der Waals surface area contributed by atoms with E-state index in [-0.39, 0.29) is 30.9 Å². The highest BCUT2D eigenvalue weighted by Crippen LogP contribution is 2.51. The molecular formula is C30H41N7O7. The van der Waals surface area contributed by atoms with Crippen molar-refractivity contribution in [3.8, 4) is 0 Å². The summed E-state index contributed by atoms with van der Waals surface area (Å²) in [5.41, 5.74) is 10.4. The van der Waals surface area contributed by atoms with Crippen molar-refractivity contribution in [1.82, 2.24) is 9.80 Å². The molecule has 0 radical (unpaired) electrons. The number of hydrogen-bond donors (Lipinski definition) is 4. The van der Waals surface area contributed by atoms with Crippen LogP contribution in [0.5, 0.6) is 0 Å². The standard InChI is InChI=1S/C30H41N7O7/c1-7-37(8-2)29(32)33-13-20(38)34-15-11-17-16(19(12-15)35(3)4)9-14-10-18-23(36(5)6)25(40)22(28(31)43)27(42)30(18,44)26(41)21(14)24(17)39/h11-12,14,18,21-23,44H,7-10,13H2,1-6H3,(H2,31,43)(H2,32,33)(H,34,38)/t14?,18?,21?,22?,23-,30-/m0/s1. The molecule has 14 nitrogen and oxygen atoms in total. The molecule has 238 valence electrons. The van der Waals surface area contributed by atoms with Crippen LogP contribution < -0.4 is 21.7 Å². The second kappa shape index (κ2) is 12.1. The number of amides is 2. The van der Waals surface area contributed by atoms with Crippen LogP contribution in [0, 0.1) is 23.7 Å². The Hall–Kier alpha value is -4.17. The molecule has 44 heavy (non-hydrogen) atoms. The number of carbonyl (C=O) groups is 6. The fraction of sp³-hybridized carbons (Fsp3) is 0.567. The van der Waals surface area contributed by atoms with Crippen molar-refractivity contribution in [2.45, 2.75) is 38.3 Å². The highest BCUT2D eigenvalue weighted by Gasteiger charge is 2.69. The van der Waals surface area contributed by atoms with Crippen LogP contribution in [-0.2, 0) is 30.4 Å². The number of aliphatic imine (C=N–C) groups is 1. The molecule has 0 aliphatic heterocycles. The van der Waals surface area contributed by atoms with E-state index in [0.717, 1.165) is 0 Å². The summed E-state index contributed by atoms with van der Waals surface area (Å²) in [6, 6.07) is 2.05. The number of aliphatic hydroxyl groups is 1. The lowest BCUT2D eigenvalue weighted by Gasteiger charge is -2.52. The van der Waals surface area contributed by atoms with Crippen LogP contribution in [0.2, 0.25) is 0 Å². The molecule has 0 bridgehead atoms. The fourth-order valence-corrected chi connectivity index (χ4v) is 7.06. The number of likely N-dealkylation sites (N-methyl/N-ethyl adjacent to an activating group) is 1. The summed E-state index contributed by atoms with van der Waals surface area (Å²) in [4.78, 5) is 88.9. The molecule has 14 heteroatoms. The highest BCUT2D eigenvalue weighted by atomic mass is 16.3. The van der Waals surface area contributed by atoms with Gasteiger partial charge >= 0.3 is 0 Å². The summed E-state index contributed by atoms with van der Waals surface area (Å²) in [7, 11) is 6.67. The predicted molar refractivity (Wildman–Crippen MR) is 162 cm³/mol. The molecule has 6 atom stereocenters. The van der Waals surface area contributed by atoms with Gasteiger partial charge in [0.05, 0.1) is 12.0 Å². The number of hydrogen-bond acceptors (Lipinski definition) is 10. The molecular weight excluding hydrogens is 570 g/mol. The van der Waals surface area contributed by atoms with Gasteiger partial charge in [-0.2, -0.15) is 0 Å². The third-order valence-electron chi connectivity index (χ3n) is 9.14. The molecule has 0 saturated heterocycles. The van der Waals surface area contributed by atoms with Crippen molar-refractivity contribution in [2.75, 3.05) is 58.0 Å². The van der Waals surface area contributed by atoms with Gasteiger partial charge < -0.3 is 31.7 Å². The number of benzene rings is 1. The van der Waals surface area contributed by atoms with Crippen molar-refractivity contribution >= 4 is 52.3 Å². The van der Waals surface area contributed by atoms with Crippen LogP contribution in [0.25, 0.3) is 0 Å². The molecule has 2 saturated carbocycles. The monoisotopic (exact) mass is 611 g/mol. The van der Waals surface area contributed by atoms with E-state index < -0.39 is 70.3 Å². The van der Waals surface area contributed by atoms with E-state index in [0.29, 0.717) is 30.0 Å². The van der Waals surface area contributed by atoms with Crippen LogP contribution in [0.1, 0.15) is 36.2 Å². The summed E-state index contributed by atoms with van der Waals surface area (Å²) in [6.45, 7) is 4.84. The van der Waals surface area contributed by atoms with Crippen LogP contribution in [0.3, 0.4) is 0 Å². The first-order valence-corrected chi connectivity index (χ1v) is 14.6. The van der Waals surface area contributed by atoms with Gasteiger partial charge in [-0.15, -0.1) is 0 Å². The number of ketones is 4. The van der Waals surface area contributed by atoms with E-state index in [2.05, 4.69) is 10.3 Å². The molecule has 3 aliphatic carbocycles. The van der Waals surface area contributed by atoms with E-state index in [4.69, 9.17) is 11.5 Å². The number of guanidine groups is 1. The number of nitrogens with one attached hydrogen (secondary N) is 1. The minimum atomic E-state index is -2.74. The quantitative estimate of drug-likeness (QED) is 0.156. The minimum Gasteiger partial charge on any atom is -0.377 e. The number of fused-ring (bicyclic) bond motifs is 3. The molecule has 0 spiro atoms. The van der Waals surface area contributed by atoms with Gasteiger partial charge in [-0.1, -0.05) is 0 Å². The van der Waals surface area contributed by atoms with E-state index in [1.807, 2.05) is 13.8 Å². The Labute approximate surface area is 255 Å². The van der Waals surface area contributed by atoms with Crippen LogP contribution >= 0.6 is 0 Å². The summed E-state index contributed by atoms with van der Waals surface area (Å²) in [6.07, 6.45) is 0.263. The van der Waals surface area contributed by atoms with Gasteiger partial charge in [0.2, 0.25) is 11.8 Å². The zero-order valence-corrected chi connectivity index (χ0v) is 25.9. The van der Waals surface area contributed by atoms with Gasteiger partial charge in [-0.25, -0.2) is 4.99 Å². The second-order valence-electron chi connectivity index (χ2n) is 12.1. The lowest BCUT2D eigenvalue weighted by Crippen LogP contribution is -2.74. The van der Waals surface area contributed by atoms with Crippen molar-refractivity contribution in [3.63, 3.8) is 0 Å². The van der Waals surface area contributed by atoms with Gasteiger partial charge in [0.15, 0.2) is 40.6 Å². The molecule has 0 aromatic heterocycles. The maximum absolute atomic E-state index is 14.1. The van der Waals surface area contributed by atoms with E-state index in [9.17, 15) is 33.9 Å². The number of anilines is 2. The molecule has 2 fully saturated rings. The first-order chi connectivity index (χ1) is 20.6. The zero-order valence-electron chi connectivity index (χ0n) is 25.9. The van der Waals surface area contributed by atoms with E-state index in [1.165, 1.54) is 11.0 Å². The second-order valence-corrected chi connectivity index (χ2v) is 12.1. The number of nitrogens with zero attached hydrogens (tertiary/aromatic N) is 4. The Morgan fingerprint density at radius 3 is 2.23 bits per heavy atom. The number of nitrogens with two attached hydrogens (primary N) is 2. The molecule has 0 heterocycles. The Morgan fingerprint density at radius 2 is 1.68 bits per heavy atom. The van der Waals surface area contributed by atoms with Crippen molar-refractivity contribution in [1.29, 1.82) is 0 Å². The molecule has 2 amide bonds. The zero-order chi connectivity index (χ0) is 32.8. The van der Waals surface area contributed by atoms with Gasteiger partial charge in [0.1, 0.15) is 6.54 Å². The van der Waals surface area contributed by atoms with E-state index in [1.54, 1.807) is 44.1 Å². The molecule has 1 aromatic rings. The average Bonchev–Trinajstić information content (AvgIpc) is 2.94. The Kier molecular flexibility index (Phi) is 8.99. The van der Waals surface area contributed by atoms with Crippen molar-refractivity contribution in [2.24, 2.45) is 40.1 Å². The summed E-state index contributed by atoms with van der Waals surface area (Å²) in [5.74, 6) is -10.4. The number of Topliss-reactive ketones (excluding diaryl/α,β-unsaturated/α-hetero) is 4. The minimum absolute atomic E-state index is 0.0151. The largest absolute Gasteiger partial charge is 0.377 e. The molecule has 1 aromatic carbocycles. The van der Waals surface area contributed by atoms with Gasteiger partial charge in [0, 0.05) is 50.0 Å². The van der Waals surface area contributed by atoms with Gasteiger partial charge in [-0.05, 0) is 64.4 Å². The van der Waals surface area contributed by atoms with Crippen molar-refractivity contribution in [3.05, 3.63) is 23.3 Å². The molecule has 4 unspecified atom stereocenters. The maximum Gasteiger partial charge on any atom is 0.246 e. The van der Waals surface area contributed by atoms with E-state index >= 15 is 0 Å². The highest BCUT2D eigenvalue weighted by molar-refractivity contribution is 6.32. The Bertz CT molecular complexity index is 1450. The third-order valence-corrected chi connectivity index (χ3v) is 9.14. The first-order valence-electron chi connectivity index (χ1n) is 14.6. The Balaban J connectivity index is 1.72. The lowest BCUT2D eigenvalue weighted by atomic mass is 9.52. The smallest absolute Gasteiger partial charge is 0.246 e. The SMILES string of the molecule is CCN(CC)C(N)=NCC(=O)Nc1cc2c(c(N(C)C)c1)CC1CC3[C@H](N(C)C)C(=O)C(C(N)=O)C(=O)[C@@]3(O)C(=O)C1C2=O. The topological polar surface area (TPSA) is 209 Å². The summed E-state index contributed by atoms with van der Waals surface area (Å²) >= 11 is 0. The number of primary amides is 1. The molecule has 4 rings (SSSR count). The lowest BCUT2D eigenvalue weighted by molar-refractivity contribution is -0.181. The third kappa shape index (κ3) is 5.25. The van der Waals surface area contributed by atoms with Crippen molar-refractivity contribution < 1.29 is 33.9 Å². The van der Waals surface area contributed by atoms with Gasteiger partial charge in [0.25, 0.3) is 0 Å². The Morgan fingerprint density at radius 1 is 1.05 bits per heavy atom. The van der Waals surface area contributed by atoms with Crippen LogP contribution in [0.15, 0.2) is 17.1 Å². The van der Waals surface area contributed by atoms with Crippen LogP contribution in [-0.4, -0.2) is 115 Å². The number of carbonyl (C=O) groups excluding carboxylic acids is 6. The molecule has 6 N–H and O–H groups in total. The van der Waals surface area contributed by atoms with Crippen LogP contribution in [0.4, 0.5) is 11.4 Å². The number of rotatable bonds is 8. The predicted octanol–water partition coefficient (Wildman–Crippen LogP) is -1.18. The normalized spacial score (nSPS) is 28.3. The maximum atomic E-state index is 14.1. The average molecular weight is 612 g/mol. The summed E-state index contributed by atoms with van der Waals surface area (Å²) < 4.78 is 0. The first kappa shape index (κ1) is 32.7.